The molecule has 0 aliphatic rings. The van der Waals surface area contributed by atoms with E-state index in [0.717, 1.165) is 21.5 Å². The summed E-state index contributed by atoms with van der Waals surface area (Å²) in [5.74, 6) is -0.498. The maximum absolute atomic E-state index is 12.8. The molecule has 0 saturated carbocycles. The lowest BCUT2D eigenvalue weighted by Gasteiger charge is -2.28. The van der Waals surface area contributed by atoms with Crippen LogP contribution in [0.15, 0.2) is 61.3 Å². The second-order valence-corrected chi connectivity index (χ2v) is 8.80. The van der Waals surface area contributed by atoms with Gasteiger partial charge in [0, 0.05) is 35.3 Å². The van der Waals surface area contributed by atoms with Gasteiger partial charge in [0.2, 0.25) is 0 Å². The van der Waals surface area contributed by atoms with Crippen molar-refractivity contribution in [3.63, 3.8) is 0 Å². The van der Waals surface area contributed by atoms with E-state index in [4.69, 9.17) is 32.8 Å². The number of hydrogen-bond donors (Lipinski definition) is 2. The van der Waals surface area contributed by atoms with Gasteiger partial charge in [-0.3, -0.25) is 10.2 Å². The first-order chi connectivity index (χ1) is 17.3. The zero-order valence-electron chi connectivity index (χ0n) is 20.1. The zero-order valence-corrected chi connectivity index (χ0v) is 21.6. The lowest BCUT2D eigenvalue weighted by atomic mass is 10.0. The summed E-state index contributed by atoms with van der Waals surface area (Å²) in [4.78, 5) is 19.2. The van der Waals surface area contributed by atoms with E-state index in [-0.39, 0.29) is 18.8 Å². The number of carbonyl (C=O) groups excluding carboxylic acids is 1. The van der Waals surface area contributed by atoms with Crippen LogP contribution in [-0.4, -0.2) is 63.1 Å². The monoisotopic (exact) mass is 533 g/mol. The van der Waals surface area contributed by atoms with Crippen LogP contribution in [0.25, 0.3) is 11.1 Å². The van der Waals surface area contributed by atoms with E-state index in [2.05, 4.69) is 22.3 Å². The number of rotatable bonds is 13. The van der Waals surface area contributed by atoms with Crippen LogP contribution in [0.1, 0.15) is 29.9 Å². The average molecular weight is 534 g/mol. The normalized spacial score (nSPS) is 12.8. The molecule has 2 atom stereocenters. The summed E-state index contributed by atoms with van der Waals surface area (Å²) in [5, 5.41) is 21.0. The quantitative estimate of drug-likeness (QED) is 0.254. The Balaban J connectivity index is 1.75. The van der Waals surface area contributed by atoms with Crippen LogP contribution in [0.2, 0.25) is 10.0 Å². The molecule has 3 rings (SSSR count). The van der Waals surface area contributed by atoms with Crippen molar-refractivity contribution in [1.29, 1.82) is 0 Å². The molecule has 11 heteroatoms. The van der Waals surface area contributed by atoms with Gasteiger partial charge in [-0.25, -0.2) is 5.01 Å². The summed E-state index contributed by atoms with van der Waals surface area (Å²) in [6.07, 6.45) is 1.64. The highest BCUT2D eigenvalue weighted by Gasteiger charge is 2.22. The molecule has 1 unspecified atom stereocenters. The molecule has 0 bridgehead atoms. The Bertz CT molecular complexity index is 1160. The van der Waals surface area contributed by atoms with Crippen molar-refractivity contribution in [2.24, 2.45) is 0 Å². The smallest absolute Gasteiger partial charge is 0.287 e. The predicted octanol–water partition coefficient (Wildman–Crippen LogP) is 3.80. The van der Waals surface area contributed by atoms with Gasteiger partial charge in [-0.1, -0.05) is 65.0 Å². The van der Waals surface area contributed by atoms with E-state index < -0.39 is 18.1 Å². The summed E-state index contributed by atoms with van der Waals surface area (Å²) in [5.41, 5.74) is 5.47. The first-order valence-electron chi connectivity index (χ1n) is 11.4. The molecular weight excluding hydrogens is 505 g/mol. The first-order valence-corrected chi connectivity index (χ1v) is 12.1. The molecule has 2 aromatic carbocycles. The van der Waals surface area contributed by atoms with Crippen molar-refractivity contribution >= 4 is 29.1 Å². The van der Waals surface area contributed by atoms with Crippen LogP contribution >= 0.6 is 23.2 Å². The van der Waals surface area contributed by atoms with E-state index in [1.54, 1.807) is 30.1 Å². The molecule has 0 aliphatic heterocycles. The van der Waals surface area contributed by atoms with Crippen molar-refractivity contribution in [3.05, 3.63) is 82.6 Å². The van der Waals surface area contributed by atoms with Gasteiger partial charge in [-0.05, 0) is 48.4 Å². The second kappa shape index (κ2) is 13.4. The molecule has 0 spiro atoms. The molecule has 9 nitrogen and oxygen atoms in total. The van der Waals surface area contributed by atoms with Crippen LogP contribution in [0.4, 0.5) is 0 Å². The topological polar surface area (TPSA) is 102 Å². The summed E-state index contributed by atoms with van der Waals surface area (Å²) < 4.78 is 5.51. The Labute approximate surface area is 220 Å². The number of nitrogens with one attached hydrogen (secondary N) is 1. The number of aliphatic hydroxyl groups excluding tert-OH is 1. The number of benzene rings is 2. The van der Waals surface area contributed by atoms with E-state index in [1.165, 1.54) is 6.20 Å². The first kappa shape index (κ1) is 27.6. The average Bonchev–Trinajstić information content (AvgIpc) is 3.34. The van der Waals surface area contributed by atoms with Crippen LogP contribution in [0.3, 0.4) is 0 Å². The number of halogens is 2. The fourth-order valence-electron chi connectivity index (χ4n) is 3.37. The van der Waals surface area contributed by atoms with Gasteiger partial charge < -0.3 is 14.7 Å². The molecule has 36 heavy (non-hydrogen) atoms. The third kappa shape index (κ3) is 7.78. The molecule has 0 saturated heterocycles. The van der Waals surface area contributed by atoms with Gasteiger partial charge in [0.25, 0.3) is 5.91 Å². The van der Waals surface area contributed by atoms with Gasteiger partial charge >= 0.3 is 0 Å². The van der Waals surface area contributed by atoms with Crippen molar-refractivity contribution in [2.75, 3.05) is 19.8 Å². The largest absolute Gasteiger partial charge is 0.391 e. The van der Waals surface area contributed by atoms with Crippen molar-refractivity contribution in [3.8, 4) is 11.1 Å². The number of aliphatic hydroxyl groups is 1. The standard InChI is InChI=1S/C25H29Cl2N5O4/c1-4-12-36-32-15-23(28-30-32)25(34)29-31(16-24(33)17(3)35-5-2)14-18-6-8-19(9-7-18)21-13-20(26)10-11-22(21)27/h4,6-11,13,15,17,24,33H,1,5,12,14,16H2,2-3H3,(H,29,34)/t17?,24-/m1/s1. The Morgan fingerprint density at radius 2 is 2.03 bits per heavy atom. The van der Waals surface area contributed by atoms with Gasteiger partial charge in [0.05, 0.1) is 12.2 Å². The second-order valence-electron chi connectivity index (χ2n) is 7.96. The fraction of sp³-hybridized carbons (Fsp3) is 0.320. The van der Waals surface area contributed by atoms with Crippen LogP contribution in [-0.2, 0) is 11.3 Å². The Hall–Kier alpha value is -2.95. The summed E-state index contributed by atoms with van der Waals surface area (Å²) in [7, 11) is 0. The Morgan fingerprint density at radius 1 is 1.28 bits per heavy atom. The maximum atomic E-state index is 12.8. The van der Waals surface area contributed by atoms with Crippen LogP contribution in [0, 0.1) is 0 Å². The highest BCUT2D eigenvalue weighted by Crippen LogP contribution is 2.30. The van der Waals surface area contributed by atoms with Gasteiger partial charge in [-0.2, -0.15) is 0 Å². The SMILES string of the molecule is C=CCOn1cc(C(=O)NN(Cc2ccc(-c3cc(Cl)ccc3Cl)cc2)C[C@@H](O)C(C)OCC)nn1. The highest BCUT2D eigenvalue weighted by molar-refractivity contribution is 6.35. The maximum Gasteiger partial charge on any atom is 0.287 e. The molecule has 1 amide bonds. The summed E-state index contributed by atoms with van der Waals surface area (Å²) in [6.45, 7) is 8.31. The lowest BCUT2D eigenvalue weighted by molar-refractivity contribution is -0.0422. The van der Waals surface area contributed by atoms with E-state index >= 15 is 0 Å². The lowest BCUT2D eigenvalue weighted by Crippen LogP contribution is -2.48. The molecule has 0 radical (unpaired) electrons. The highest BCUT2D eigenvalue weighted by atomic mass is 35.5. The third-order valence-corrected chi connectivity index (χ3v) is 5.80. The molecule has 1 heterocycles. The number of hydrazine groups is 1. The van der Waals surface area contributed by atoms with Crippen LogP contribution in [0.5, 0.6) is 0 Å². The molecule has 0 fully saturated rings. The number of aromatic nitrogens is 3. The molecule has 1 aromatic heterocycles. The predicted molar refractivity (Wildman–Crippen MR) is 139 cm³/mol. The van der Waals surface area contributed by atoms with Crippen molar-refractivity contribution < 1.29 is 19.5 Å². The number of nitrogens with zero attached hydrogens (tertiary/aromatic N) is 4. The van der Waals surface area contributed by atoms with Crippen molar-refractivity contribution in [2.45, 2.75) is 32.6 Å². The molecule has 2 N–H and O–H groups in total. The number of carbonyl (C=O) groups is 1. The minimum Gasteiger partial charge on any atom is -0.391 e. The van der Waals surface area contributed by atoms with E-state index in [9.17, 15) is 9.90 Å². The van der Waals surface area contributed by atoms with Gasteiger partial charge in [0.15, 0.2) is 5.69 Å². The number of hydrogen-bond acceptors (Lipinski definition) is 7. The molecular formula is C25H29Cl2N5O4. The molecule has 0 aliphatic carbocycles. The number of amides is 1. The fourth-order valence-corrected chi connectivity index (χ4v) is 3.77. The van der Waals surface area contributed by atoms with E-state index in [0.29, 0.717) is 23.2 Å². The molecule has 3 aromatic rings. The van der Waals surface area contributed by atoms with E-state index in [1.807, 2.05) is 37.3 Å². The van der Waals surface area contributed by atoms with Gasteiger partial charge in [-0.15, -0.1) is 5.10 Å². The van der Waals surface area contributed by atoms with Gasteiger partial charge in [0.1, 0.15) is 12.8 Å². The Kier molecular flexibility index (Phi) is 10.3. The minimum atomic E-state index is -0.846. The minimum absolute atomic E-state index is 0.0577. The third-order valence-electron chi connectivity index (χ3n) is 5.24. The van der Waals surface area contributed by atoms with Crippen LogP contribution < -0.4 is 10.3 Å². The summed E-state index contributed by atoms with van der Waals surface area (Å²) in [6, 6.07) is 13.0. The number of ether oxygens (including phenoxy) is 1. The Morgan fingerprint density at radius 3 is 2.72 bits per heavy atom. The zero-order chi connectivity index (χ0) is 26.1. The molecule has 192 valence electrons. The van der Waals surface area contributed by atoms with Crippen molar-refractivity contribution in [1.82, 2.24) is 25.6 Å². The summed E-state index contributed by atoms with van der Waals surface area (Å²) >= 11 is 12.5.